The highest BCUT2D eigenvalue weighted by atomic mass is 35.5. The van der Waals surface area contributed by atoms with E-state index in [-0.39, 0.29) is 11.5 Å². The second kappa shape index (κ2) is 5.75. The first-order valence-electron chi connectivity index (χ1n) is 5.55. The van der Waals surface area contributed by atoms with Crippen molar-refractivity contribution in [2.24, 2.45) is 0 Å². The van der Waals surface area contributed by atoms with Gasteiger partial charge in [0.2, 0.25) is 0 Å². The predicted molar refractivity (Wildman–Crippen MR) is 72.5 cm³/mol. The Bertz CT molecular complexity index is 661. The third-order valence-electron chi connectivity index (χ3n) is 2.57. The van der Waals surface area contributed by atoms with Gasteiger partial charge in [-0.2, -0.15) is 0 Å². The highest BCUT2D eigenvalue weighted by Gasteiger charge is 2.14. The molecule has 1 aromatic carbocycles. The number of rotatable bonds is 4. The standard InChI is InChI=1S/C13H11ClN2O4/c1-19-10-6-7(5-8(14)11(10)20-2)12-15-4-3-9(16-12)13(17)18/h3-6H,1-2H3,(H,17,18). The third kappa shape index (κ3) is 2.65. The van der Waals surface area contributed by atoms with Gasteiger partial charge in [-0.15, -0.1) is 0 Å². The van der Waals surface area contributed by atoms with Crippen molar-refractivity contribution in [1.82, 2.24) is 9.97 Å². The van der Waals surface area contributed by atoms with Gasteiger partial charge in [0.15, 0.2) is 23.0 Å². The first-order chi connectivity index (χ1) is 9.56. The first kappa shape index (κ1) is 14.1. The van der Waals surface area contributed by atoms with Gasteiger partial charge in [0.05, 0.1) is 19.2 Å². The Kier molecular flexibility index (Phi) is 4.05. The van der Waals surface area contributed by atoms with Gasteiger partial charge in [-0.05, 0) is 18.2 Å². The summed E-state index contributed by atoms with van der Waals surface area (Å²) in [6.45, 7) is 0. The summed E-state index contributed by atoms with van der Waals surface area (Å²) in [7, 11) is 2.96. The summed E-state index contributed by atoms with van der Waals surface area (Å²) >= 11 is 6.09. The highest BCUT2D eigenvalue weighted by Crippen LogP contribution is 2.38. The molecule has 0 bridgehead atoms. The largest absolute Gasteiger partial charge is 0.493 e. The Labute approximate surface area is 120 Å². The average molecular weight is 295 g/mol. The van der Waals surface area contributed by atoms with Crippen molar-refractivity contribution < 1.29 is 19.4 Å². The van der Waals surface area contributed by atoms with Crippen molar-refractivity contribution >= 4 is 17.6 Å². The van der Waals surface area contributed by atoms with Crippen molar-refractivity contribution in [2.45, 2.75) is 0 Å². The van der Waals surface area contributed by atoms with Crippen LogP contribution in [-0.2, 0) is 0 Å². The zero-order chi connectivity index (χ0) is 14.7. The van der Waals surface area contributed by atoms with E-state index in [1.165, 1.54) is 26.5 Å². The molecule has 1 heterocycles. The number of nitrogens with zero attached hydrogens (tertiary/aromatic N) is 2. The van der Waals surface area contributed by atoms with Gasteiger partial charge in [0.25, 0.3) is 0 Å². The number of halogens is 1. The number of hydrogen-bond acceptors (Lipinski definition) is 5. The summed E-state index contributed by atoms with van der Waals surface area (Å²) in [6, 6.07) is 4.53. The quantitative estimate of drug-likeness (QED) is 0.933. The molecule has 0 spiro atoms. The molecule has 2 aromatic rings. The van der Waals surface area contributed by atoms with Crippen LogP contribution in [-0.4, -0.2) is 35.3 Å². The van der Waals surface area contributed by atoms with E-state index in [1.54, 1.807) is 12.1 Å². The summed E-state index contributed by atoms with van der Waals surface area (Å²) in [5.41, 5.74) is 0.441. The highest BCUT2D eigenvalue weighted by molar-refractivity contribution is 6.32. The summed E-state index contributed by atoms with van der Waals surface area (Å²) in [4.78, 5) is 18.9. The van der Waals surface area contributed by atoms with E-state index in [0.717, 1.165) is 0 Å². The lowest BCUT2D eigenvalue weighted by Crippen LogP contribution is -2.02. The fourth-order valence-corrected chi connectivity index (χ4v) is 1.95. The second-order valence-corrected chi connectivity index (χ2v) is 4.17. The Morgan fingerprint density at radius 2 is 2.05 bits per heavy atom. The minimum atomic E-state index is -1.12. The van der Waals surface area contributed by atoms with E-state index in [4.69, 9.17) is 26.2 Å². The number of benzene rings is 1. The van der Waals surface area contributed by atoms with Crippen LogP contribution in [0.1, 0.15) is 10.5 Å². The molecule has 0 amide bonds. The smallest absolute Gasteiger partial charge is 0.354 e. The number of carboxylic acid groups (broad SMARTS) is 1. The van der Waals surface area contributed by atoms with Gasteiger partial charge in [-0.3, -0.25) is 0 Å². The van der Waals surface area contributed by atoms with E-state index in [1.807, 2.05) is 0 Å². The van der Waals surface area contributed by atoms with Crippen molar-refractivity contribution in [3.8, 4) is 22.9 Å². The first-order valence-corrected chi connectivity index (χ1v) is 5.93. The minimum absolute atomic E-state index is 0.0964. The number of carboxylic acids is 1. The molecule has 0 aliphatic rings. The Balaban J connectivity index is 2.55. The van der Waals surface area contributed by atoms with Gasteiger partial charge < -0.3 is 14.6 Å². The van der Waals surface area contributed by atoms with E-state index in [2.05, 4.69) is 9.97 Å². The molecule has 0 saturated carbocycles. The fraction of sp³-hybridized carbons (Fsp3) is 0.154. The van der Waals surface area contributed by atoms with E-state index >= 15 is 0 Å². The molecule has 0 radical (unpaired) electrons. The SMILES string of the molecule is COc1cc(-c2nccc(C(=O)O)n2)cc(Cl)c1OC. The molecular weight excluding hydrogens is 284 g/mol. The lowest BCUT2D eigenvalue weighted by molar-refractivity contribution is 0.0690. The minimum Gasteiger partial charge on any atom is -0.493 e. The molecule has 0 saturated heterocycles. The maximum Gasteiger partial charge on any atom is 0.354 e. The molecule has 20 heavy (non-hydrogen) atoms. The molecule has 1 aromatic heterocycles. The van der Waals surface area contributed by atoms with Gasteiger partial charge in [-0.25, -0.2) is 14.8 Å². The topological polar surface area (TPSA) is 81.5 Å². The molecule has 0 aliphatic carbocycles. The zero-order valence-electron chi connectivity index (χ0n) is 10.8. The number of methoxy groups -OCH3 is 2. The summed E-state index contributed by atoms with van der Waals surface area (Å²) in [5, 5.41) is 9.26. The van der Waals surface area contributed by atoms with Crippen LogP contribution in [0, 0.1) is 0 Å². The van der Waals surface area contributed by atoms with E-state index in [0.29, 0.717) is 22.1 Å². The van der Waals surface area contributed by atoms with Crippen molar-refractivity contribution in [1.29, 1.82) is 0 Å². The number of ether oxygens (including phenoxy) is 2. The van der Waals surface area contributed by atoms with Crippen LogP contribution in [0.2, 0.25) is 5.02 Å². The van der Waals surface area contributed by atoms with Gasteiger partial charge in [0, 0.05) is 11.8 Å². The average Bonchev–Trinajstić information content (AvgIpc) is 2.46. The monoisotopic (exact) mass is 294 g/mol. The Morgan fingerprint density at radius 1 is 1.30 bits per heavy atom. The van der Waals surface area contributed by atoms with Crippen LogP contribution in [0.15, 0.2) is 24.4 Å². The fourth-order valence-electron chi connectivity index (χ4n) is 1.66. The lowest BCUT2D eigenvalue weighted by Gasteiger charge is -2.11. The van der Waals surface area contributed by atoms with Crippen molar-refractivity contribution in [2.75, 3.05) is 14.2 Å². The van der Waals surface area contributed by atoms with Gasteiger partial charge in [-0.1, -0.05) is 11.6 Å². The lowest BCUT2D eigenvalue weighted by atomic mass is 10.2. The maximum atomic E-state index is 10.9. The summed E-state index contributed by atoms with van der Waals surface area (Å²) in [6.07, 6.45) is 1.37. The van der Waals surface area contributed by atoms with Crippen molar-refractivity contribution in [3.05, 3.63) is 35.1 Å². The van der Waals surface area contributed by atoms with Crippen LogP contribution in [0.25, 0.3) is 11.4 Å². The molecule has 1 N–H and O–H groups in total. The molecule has 0 unspecified atom stereocenters. The normalized spacial score (nSPS) is 10.2. The molecule has 104 valence electrons. The molecule has 0 atom stereocenters. The van der Waals surface area contributed by atoms with E-state index < -0.39 is 5.97 Å². The predicted octanol–water partition coefficient (Wildman–Crippen LogP) is 2.51. The molecule has 0 aliphatic heterocycles. The number of aromatic nitrogens is 2. The summed E-state index contributed by atoms with van der Waals surface area (Å²) in [5.74, 6) is -0.0698. The second-order valence-electron chi connectivity index (χ2n) is 3.76. The zero-order valence-corrected chi connectivity index (χ0v) is 11.5. The molecule has 7 heteroatoms. The number of aromatic carboxylic acids is 1. The molecular formula is C13H11ClN2O4. The Hall–Kier alpha value is -2.34. The molecule has 0 fully saturated rings. The third-order valence-corrected chi connectivity index (χ3v) is 2.85. The van der Waals surface area contributed by atoms with Crippen LogP contribution < -0.4 is 9.47 Å². The van der Waals surface area contributed by atoms with Crippen LogP contribution in [0.5, 0.6) is 11.5 Å². The van der Waals surface area contributed by atoms with Gasteiger partial charge in [0.1, 0.15) is 0 Å². The number of hydrogen-bond donors (Lipinski definition) is 1. The molecule has 6 nitrogen and oxygen atoms in total. The van der Waals surface area contributed by atoms with Crippen LogP contribution in [0.4, 0.5) is 0 Å². The van der Waals surface area contributed by atoms with Crippen LogP contribution in [0.3, 0.4) is 0 Å². The maximum absolute atomic E-state index is 10.9. The Morgan fingerprint density at radius 3 is 2.65 bits per heavy atom. The van der Waals surface area contributed by atoms with Crippen molar-refractivity contribution in [3.63, 3.8) is 0 Å². The summed E-state index contributed by atoms with van der Waals surface area (Å²) < 4.78 is 10.3. The molecule has 2 rings (SSSR count). The van der Waals surface area contributed by atoms with E-state index in [9.17, 15) is 4.79 Å². The van der Waals surface area contributed by atoms with Crippen LogP contribution >= 0.6 is 11.6 Å². The number of carbonyl (C=O) groups is 1. The van der Waals surface area contributed by atoms with Gasteiger partial charge >= 0.3 is 5.97 Å².